The van der Waals surface area contributed by atoms with Crippen molar-refractivity contribution in [2.75, 3.05) is 12.8 Å². The molecule has 0 saturated carbocycles. The molecular formula is C16H16N4O3S. The fourth-order valence-corrected chi connectivity index (χ4v) is 3.13. The zero-order chi connectivity index (χ0) is 17.4. The summed E-state index contributed by atoms with van der Waals surface area (Å²) in [6.45, 7) is 4.00. The van der Waals surface area contributed by atoms with E-state index in [2.05, 4.69) is 10.1 Å². The predicted octanol–water partition coefficient (Wildman–Crippen LogP) is 1.91. The SMILES string of the molecule is COC1=CC=CC(=Cc2c(N)n3nc(C(C)C)sc3nc2=O)C1=O. The molecule has 0 aromatic carbocycles. The van der Waals surface area contributed by atoms with E-state index in [1.807, 2.05) is 13.8 Å². The van der Waals surface area contributed by atoms with Crippen LogP contribution in [0.5, 0.6) is 0 Å². The molecule has 2 N–H and O–H groups in total. The summed E-state index contributed by atoms with van der Waals surface area (Å²) >= 11 is 1.32. The second-order valence-corrected chi connectivity index (χ2v) is 6.52. The van der Waals surface area contributed by atoms with Crippen LogP contribution in [0.2, 0.25) is 0 Å². The molecule has 3 rings (SSSR count). The third kappa shape index (κ3) is 2.65. The van der Waals surface area contributed by atoms with Crippen LogP contribution in [0.15, 0.2) is 34.4 Å². The average Bonchev–Trinajstić information content (AvgIpc) is 2.97. The monoisotopic (exact) mass is 344 g/mol. The van der Waals surface area contributed by atoms with E-state index in [4.69, 9.17) is 10.5 Å². The molecule has 0 atom stereocenters. The van der Waals surface area contributed by atoms with Gasteiger partial charge in [-0.05, 0) is 12.2 Å². The first-order chi connectivity index (χ1) is 11.4. The van der Waals surface area contributed by atoms with Gasteiger partial charge in [-0.3, -0.25) is 9.59 Å². The Bertz CT molecular complexity index is 979. The molecule has 0 amide bonds. The van der Waals surface area contributed by atoms with Crippen LogP contribution in [-0.2, 0) is 9.53 Å². The van der Waals surface area contributed by atoms with E-state index in [0.717, 1.165) is 5.01 Å². The molecular weight excluding hydrogens is 328 g/mol. The van der Waals surface area contributed by atoms with E-state index in [1.165, 1.54) is 29.0 Å². The van der Waals surface area contributed by atoms with Gasteiger partial charge in [0.1, 0.15) is 10.8 Å². The summed E-state index contributed by atoms with van der Waals surface area (Å²) < 4.78 is 6.45. The normalized spacial score (nSPS) is 16.2. The summed E-state index contributed by atoms with van der Waals surface area (Å²) in [5.74, 6) is 0.248. The van der Waals surface area contributed by atoms with Crippen LogP contribution in [0.4, 0.5) is 5.82 Å². The number of hydrogen-bond acceptors (Lipinski definition) is 7. The molecule has 0 fully saturated rings. The molecule has 0 saturated heterocycles. The van der Waals surface area contributed by atoms with Gasteiger partial charge >= 0.3 is 0 Å². The van der Waals surface area contributed by atoms with Crippen molar-refractivity contribution in [2.24, 2.45) is 0 Å². The maximum absolute atomic E-state index is 12.3. The average molecular weight is 344 g/mol. The Balaban J connectivity index is 2.15. The molecule has 0 radical (unpaired) electrons. The summed E-state index contributed by atoms with van der Waals surface area (Å²) in [7, 11) is 1.42. The van der Waals surface area contributed by atoms with Gasteiger partial charge in [0.05, 0.1) is 12.7 Å². The molecule has 0 bridgehead atoms. The number of nitrogen functional groups attached to an aromatic ring is 1. The minimum absolute atomic E-state index is 0.137. The maximum atomic E-state index is 12.3. The third-order valence-electron chi connectivity index (χ3n) is 3.53. The molecule has 0 spiro atoms. The number of nitrogens with two attached hydrogens (primary N) is 1. The van der Waals surface area contributed by atoms with E-state index < -0.39 is 5.56 Å². The van der Waals surface area contributed by atoms with Crippen LogP contribution in [0.25, 0.3) is 11.0 Å². The van der Waals surface area contributed by atoms with E-state index >= 15 is 0 Å². The van der Waals surface area contributed by atoms with Crippen molar-refractivity contribution < 1.29 is 9.53 Å². The molecule has 124 valence electrons. The minimum atomic E-state index is -0.492. The van der Waals surface area contributed by atoms with E-state index in [-0.39, 0.29) is 28.8 Å². The van der Waals surface area contributed by atoms with Gasteiger partial charge in [-0.2, -0.15) is 14.6 Å². The van der Waals surface area contributed by atoms with Crippen molar-refractivity contribution in [1.82, 2.24) is 14.6 Å². The molecule has 8 heteroatoms. The van der Waals surface area contributed by atoms with Gasteiger partial charge in [0.15, 0.2) is 5.76 Å². The summed E-state index contributed by atoms with van der Waals surface area (Å²) in [6.07, 6.45) is 6.26. The highest BCUT2D eigenvalue weighted by molar-refractivity contribution is 7.16. The van der Waals surface area contributed by atoms with Gasteiger partial charge < -0.3 is 10.5 Å². The number of Topliss-reactive ketones (excluding diaryl/α,β-unsaturated/α-hetero) is 1. The van der Waals surface area contributed by atoms with Crippen LogP contribution < -0.4 is 11.3 Å². The lowest BCUT2D eigenvalue weighted by Gasteiger charge is -2.09. The molecule has 7 nitrogen and oxygen atoms in total. The zero-order valence-corrected chi connectivity index (χ0v) is 14.3. The van der Waals surface area contributed by atoms with Gasteiger partial charge in [0, 0.05) is 11.5 Å². The molecule has 2 aromatic heterocycles. The van der Waals surface area contributed by atoms with E-state index in [0.29, 0.717) is 10.5 Å². The Kier molecular flexibility index (Phi) is 4.06. The quantitative estimate of drug-likeness (QED) is 0.854. The third-order valence-corrected chi connectivity index (χ3v) is 4.74. The molecule has 2 aromatic rings. The van der Waals surface area contributed by atoms with Gasteiger partial charge in [-0.15, -0.1) is 0 Å². The second-order valence-electron chi connectivity index (χ2n) is 5.53. The van der Waals surface area contributed by atoms with Crippen LogP contribution >= 0.6 is 11.3 Å². The Morgan fingerprint density at radius 2 is 2.12 bits per heavy atom. The molecule has 1 aliphatic carbocycles. The fraction of sp³-hybridized carbons (Fsp3) is 0.250. The topological polar surface area (TPSA) is 99.6 Å². The van der Waals surface area contributed by atoms with Gasteiger partial charge in [-0.25, -0.2) is 0 Å². The Morgan fingerprint density at radius 1 is 1.38 bits per heavy atom. The van der Waals surface area contributed by atoms with Gasteiger partial charge in [0.2, 0.25) is 10.7 Å². The zero-order valence-electron chi connectivity index (χ0n) is 13.4. The minimum Gasteiger partial charge on any atom is -0.493 e. The molecule has 24 heavy (non-hydrogen) atoms. The van der Waals surface area contributed by atoms with Crippen molar-refractivity contribution >= 4 is 34.0 Å². The molecule has 0 unspecified atom stereocenters. The Morgan fingerprint density at radius 3 is 2.79 bits per heavy atom. The summed E-state index contributed by atoms with van der Waals surface area (Å²) in [6, 6.07) is 0. The van der Waals surface area contributed by atoms with Crippen molar-refractivity contribution in [1.29, 1.82) is 0 Å². The number of anilines is 1. The van der Waals surface area contributed by atoms with Crippen LogP contribution in [-0.4, -0.2) is 27.5 Å². The largest absolute Gasteiger partial charge is 0.493 e. The number of ketones is 1. The number of methoxy groups -OCH3 is 1. The van der Waals surface area contributed by atoms with Crippen LogP contribution in [0.1, 0.15) is 30.3 Å². The van der Waals surface area contributed by atoms with Gasteiger partial charge in [-0.1, -0.05) is 37.3 Å². The highest BCUT2D eigenvalue weighted by atomic mass is 32.1. The standard InChI is InChI=1S/C16H16N4O3S/c1-8(2)15-19-20-13(17)10(14(22)18-16(20)24-15)7-9-5-4-6-11(23-3)12(9)21/h4-8H,17H2,1-3H3. The van der Waals surface area contributed by atoms with Crippen molar-refractivity contribution in [2.45, 2.75) is 19.8 Å². The highest BCUT2D eigenvalue weighted by Gasteiger charge is 2.19. The lowest BCUT2D eigenvalue weighted by molar-refractivity contribution is -0.114. The number of hydrogen-bond donors (Lipinski definition) is 1. The number of fused-ring (bicyclic) bond motifs is 1. The number of carbonyl (C=O) groups excluding carboxylic acids is 1. The lowest BCUT2D eigenvalue weighted by Crippen LogP contribution is -2.18. The number of nitrogens with zero attached hydrogens (tertiary/aromatic N) is 3. The number of ether oxygens (including phenoxy) is 1. The lowest BCUT2D eigenvalue weighted by atomic mass is 10.0. The summed E-state index contributed by atoms with van der Waals surface area (Å²) in [5, 5.41) is 5.23. The fourth-order valence-electron chi connectivity index (χ4n) is 2.23. The first-order valence-electron chi connectivity index (χ1n) is 7.30. The van der Waals surface area contributed by atoms with Gasteiger partial charge in [0.25, 0.3) is 5.56 Å². The molecule has 0 aliphatic heterocycles. The first-order valence-corrected chi connectivity index (χ1v) is 8.12. The van der Waals surface area contributed by atoms with E-state index in [1.54, 1.807) is 18.2 Å². The predicted molar refractivity (Wildman–Crippen MR) is 92.9 cm³/mol. The highest BCUT2D eigenvalue weighted by Crippen LogP contribution is 2.24. The van der Waals surface area contributed by atoms with Crippen molar-refractivity contribution in [3.05, 3.63) is 50.5 Å². The summed E-state index contributed by atoms with van der Waals surface area (Å²) in [5.41, 5.74) is 6.05. The van der Waals surface area contributed by atoms with Crippen LogP contribution in [0, 0.1) is 0 Å². The van der Waals surface area contributed by atoms with E-state index in [9.17, 15) is 9.59 Å². The maximum Gasteiger partial charge on any atom is 0.283 e. The Hall–Kier alpha value is -2.74. The van der Waals surface area contributed by atoms with Crippen molar-refractivity contribution in [3.63, 3.8) is 0 Å². The molecule has 2 heterocycles. The van der Waals surface area contributed by atoms with Crippen molar-refractivity contribution in [3.8, 4) is 0 Å². The molecule has 1 aliphatic rings. The number of aromatic nitrogens is 3. The smallest absolute Gasteiger partial charge is 0.283 e. The summed E-state index contributed by atoms with van der Waals surface area (Å²) in [4.78, 5) is 29.0. The number of carbonyl (C=O) groups is 1. The number of rotatable bonds is 3. The van der Waals surface area contributed by atoms with Crippen LogP contribution in [0.3, 0.4) is 0 Å². The number of allylic oxidation sites excluding steroid dienone is 4. The Labute approximate surface area is 141 Å². The second kappa shape index (κ2) is 6.04. The first kappa shape index (κ1) is 16.1.